The summed E-state index contributed by atoms with van der Waals surface area (Å²) in [6.45, 7) is 2.04. The van der Waals surface area contributed by atoms with Crippen molar-refractivity contribution in [2.24, 2.45) is 35.5 Å². The number of nitrogens with one attached hydrogen (secondary N) is 1. The highest BCUT2D eigenvalue weighted by Gasteiger charge is 2.62. The molecule has 6 atom stereocenters. The van der Waals surface area contributed by atoms with E-state index in [4.69, 9.17) is 4.74 Å². The largest absolute Gasteiger partial charge is 0.481 e. The lowest BCUT2D eigenvalue weighted by Gasteiger charge is -2.41. The minimum Gasteiger partial charge on any atom is -0.481 e. The molecule has 4 aliphatic rings. The summed E-state index contributed by atoms with van der Waals surface area (Å²) in [7, 11) is 0. The van der Waals surface area contributed by atoms with Crippen LogP contribution in [-0.2, 0) is 14.3 Å². The number of aliphatic carboxylic acids is 1. The molecule has 2 fully saturated rings. The summed E-state index contributed by atoms with van der Waals surface area (Å²) in [5.74, 6) is -1.93. The van der Waals surface area contributed by atoms with Gasteiger partial charge >= 0.3 is 11.9 Å². The lowest BCUT2D eigenvalue weighted by molar-refractivity contribution is -0.152. The van der Waals surface area contributed by atoms with Gasteiger partial charge in [0.2, 0.25) is 5.91 Å². The summed E-state index contributed by atoms with van der Waals surface area (Å²) in [6.07, 6.45) is 5.05. The highest BCUT2D eigenvalue weighted by atomic mass is 16.5. The van der Waals surface area contributed by atoms with Gasteiger partial charge < -0.3 is 15.2 Å². The predicted octanol–water partition coefficient (Wildman–Crippen LogP) is 2.57. The quantitative estimate of drug-likeness (QED) is 0.625. The van der Waals surface area contributed by atoms with E-state index in [0.717, 1.165) is 6.42 Å². The van der Waals surface area contributed by atoms with E-state index in [1.165, 1.54) is 0 Å². The number of hydrogen-bond donors (Lipinski definition) is 2. The van der Waals surface area contributed by atoms with Gasteiger partial charge in [0.25, 0.3) is 0 Å². The van der Waals surface area contributed by atoms with Crippen molar-refractivity contribution in [3.63, 3.8) is 0 Å². The molecule has 1 aromatic carbocycles. The van der Waals surface area contributed by atoms with E-state index < -0.39 is 23.8 Å². The molecule has 0 saturated heterocycles. The Labute approximate surface area is 151 Å². The van der Waals surface area contributed by atoms with Crippen LogP contribution >= 0.6 is 0 Å². The number of carboxylic acids is 1. The van der Waals surface area contributed by atoms with Gasteiger partial charge in [-0.3, -0.25) is 9.59 Å². The third kappa shape index (κ3) is 2.69. The molecular formula is C20H21NO5. The summed E-state index contributed by atoms with van der Waals surface area (Å²) < 4.78 is 4.94. The minimum absolute atomic E-state index is 0.00454. The van der Waals surface area contributed by atoms with Gasteiger partial charge in [-0.2, -0.15) is 0 Å². The number of fused-ring (bicyclic) bond motifs is 1. The molecule has 2 saturated carbocycles. The molecule has 0 aliphatic heterocycles. The van der Waals surface area contributed by atoms with E-state index >= 15 is 0 Å². The predicted molar refractivity (Wildman–Crippen MR) is 93.4 cm³/mol. The standard InChI is InChI=1S/C20H21NO5/c1-2-26-20(25)10-3-5-11(6-4-10)21-18(22)16-12-7-8-13(15-9-14(12)15)17(16)19(23)24/h3-8,12-17H,2,9H2,1H3,(H,21,22)(H,23,24)/t12-,13+,14-,15+,16+,17+/m1/s1. The van der Waals surface area contributed by atoms with Crippen LogP contribution in [0.25, 0.3) is 0 Å². The maximum Gasteiger partial charge on any atom is 0.338 e. The van der Waals surface area contributed by atoms with Gasteiger partial charge in [0, 0.05) is 5.69 Å². The molecule has 4 aliphatic carbocycles. The number of allylic oxidation sites excluding steroid dienone is 2. The third-order valence-electron chi connectivity index (χ3n) is 5.90. The molecule has 136 valence electrons. The molecule has 1 aromatic rings. The zero-order valence-corrected chi connectivity index (χ0v) is 14.4. The number of carbonyl (C=O) groups is 3. The lowest BCUT2D eigenvalue weighted by atomic mass is 9.62. The summed E-state index contributed by atoms with van der Waals surface area (Å²) in [5, 5.41) is 12.5. The molecule has 1 amide bonds. The highest BCUT2D eigenvalue weighted by Crippen LogP contribution is 2.63. The first-order valence-corrected chi connectivity index (χ1v) is 9.00. The van der Waals surface area contributed by atoms with Crippen LogP contribution in [0.4, 0.5) is 5.69 Å². The van der Waals surface area contributed by atoms with Gasteiger partial charge in [-0.15, -0.1) is 0 Å². The summed E-state index contributed by atoms with van der Waals surface area (Å²) in [4.78, 5) is 36.3. The maximum absolute atomic E-state index is 12.9. The van der Waals surface area contributed by atoms with Crippen molar-refractivity contribution in [2.75, 3.05) is 11.9 Å². The van der Waals surface area contributed by atoms with E-state index in [1.807, 2.05) is 12.2 Å². The number of anilines is 1. The minimum atomic E-state index is -0.896. The summed E-state index contributed by atoms with van der Waals surface area (Å²) >= 11 is 0. The Balaban J connectivity index is 1.50. The molecule has 0 unspecified atom stereocenters. The van der Waals surface area contributed by atoms with Crippen molar-refractivity contribution in [1.82, 2.24) is 0 Å². The van der Waals surface area contributed by atoms with Gasteiger partial charge in [0.15, 0.2) is 0 Å². The molecule has 6 heteroatoms. The van der Waals surface area contributed by atoms with Crippen LogP contribution in [0.15, 0.2) is 36.4 Å². The first-order chi connectivity index (χ1) is 12.5. The number of carbonyl (C=O) groups excluding carboxylic acids is 2. The Bertz CT molecular complexity index is 784. The molecule has 2 N–H and O–H groups in total. The molecule has 26 heavy (non-hydrogen) atoms. The van der Waals surface area contributed by atoms with Crippen LogP contribution in [0, 0.1) is 35.5 Å². The lowest BCUT2D eigenvalue weighted by Crippen LogP contribution is -2.48. The molecule has 0 aromatic heterocycles. The second-order valence-electron chi connectivity index (χ2n) is 7.28. The molecule has 0 spiro atoms. The molecule has 5 rings (SSSR count). The molecule has 0 heterocycles. The van der Waals surface area contributed by atoms with Gasteiger partial charge in [-0.05, 0) is 61.3 Å². The second-order valence-corrected chi connectivity index (χ2v) is 7.28. The SMILES string of the molecule is CCOC(=O)c1ccc(NC(=O)[C@H]2[C@@H]3C=C[C@@H]([C@@H]4C[C@H]34)[C@@H]2C(=O)O)cc1. The number of carboxylic acid groups (broad SMARTS) is 1. The first kappa shape index (κ1) is 16.8. The highest BCUT2D eigenvalue weighted by molar-refractivity contribution is 5.97. The maximum atomic E-state index is 12.9. The van der Waals surface area contributed by atoms with Crippen LogP contribution in [-0.4, -0.2) is 29.6 Å². The van der Waals surface area contributed by atoms with E-state index in [-0.39, 0.29) is 17.7 Å². The van der Waals surface area contributed by atoms with Gasteiger partial charge in [-0.25, -0.2) is 4.79 Å². The number of esters is 1. The van der Waals surface area contributed by atoms with Gasteiger partial charge in [0.05, 0.1) is 24.0 Å². The average Bonchev–Trinajstić information content (AvgIpc) is 3.44. The number of ether oxygens (including phenoxy) is 1. The number of amides is 1. The normalized spacial score (nSPS) is 33.3. The van der Waals surface area contributed by atoms with Crippen LogP contribution in [0.1, 0.15) is 23.7 Å². The third-order valence-corrected chi connectivity index (χ3v) is 5.90. The Morgan fingerprint density at radius 2 is 1.69 bits per heavy atom. The zero-order chi connectivity index (χ0) is 18.4. The Kier molecular flexibility index (Phi) is 4.05. The van der Waals surface area contributed by atoms with Crippen LogP contribution < -0.4 is 5.32 Å². The van der Waals surface area contributed by atoms with Crippen molar-refractivity contribution in [3.05, 3.63) is 42.0 Å². The average molecular weight is 355 g/mol. The Morgan fingerprint density at radius 3 is 2.27 bits per heavy atom. The number of benzene rings is 1. The van der Waals surface area contributed by atoms with E-state index in [9.17, 15) is 19.5 Å². The first-order valence-electron chi connectivity index (χ1n) is 9.00. The summed E-state index contributed by atoms with van der Waals surface area (Å²) in [6, 6.07) is 6.45. The number of rotatable bonds is 5. The van der Waals surface area contributed by atoms with Crippen molar-refractivity contribution < 1.29 is 24.2 Å². The van der Waals surface area contributed by atoms with Crippen LogP contribution in [0.3, 0.4) is 0 Å². The van der Waals surface area contributed by atoms with Crippen molar-refractivity contribution in [1.29, 1.82) is 0 Å². The van der Waals surface area contributed by atoms with Crippen LogP contribution in [0.5, 0.6) is 0 Å². The van der Waals surface area contributed by atoms with Crippen molar-refractivity contribution in [2.45, 2.75) is 13.3 Å². The monoisotopic (exact) mass is 355 g/mol. The summed E-state index contributed by atoms with van der Waals surface area (Å²) in [5.41, 5.74) is 0.957. The topological polar surface area (TPSA) is 92.7 Å². The fraction of sp³-hybridized carbons (Fsp3) is 0.450. The van der Waals surface area contributed by atoms with Crippen LogP contribution in [0.2, 0.25) is 0 Å². The van der Waals surface area contributed by atoms with Gasteiger partial charge in [-0.1, -0.05) is 12.2 Å². The van der Waals surface area contributed by atoms with Crippen molar-refractivity contribution >= 4 is 23.5 Å². The molecule has 2 bridgehead atoms. The molecule has 0 radical (unpaired) electrons. The fourth-order valence-electron chi connectivity index (χ4n) is 4.70. The van der Waals surface area contributed by atoms with Crippen molar-refractivity contribution in [3.8, 4) is 0 Å². The van der Waals surface area contributed by atoms with E-state index in [1.54, 1.807) is 31.2 Å². The van der Waals surface area contributed by atoms with E-state index in [0.29, 0.717) is 29.7 Å². The van der Waals surface area contributed by atoms with Gasteiger partial charge in [0.1, 0.15) is 0 Å². The zero-order valence-electron chi connectivity index (χ0n) is 14.4. The Hall–Kier alpha value is -2.63. The Morgan fingerprint density at radius 1 is 1.08 bits per heavy atom. The molecule has 6 nitrogen and oxygen atoms in total. The smallest absolute Gasteiger partial charge is 0.338 e. The number of hydrogen-bond acceptors (Lipinski definition) is 4. The molecular weight excluding hydrogens is 334 g/mol. The van der Waals surface area contributed by atoms with E-state index in [2.05, 4.69) is 5.32 Å². The fourth-order valence-corrected chi connectivity index (χ4v) is 4.70. The second kappa shape index (κ2) is 6.27.